The molecule has 1 aliphatic rings. The minimum atomic E-state index is 0. The summed E-state index contributed by atoms with van der Waals surface area (Å²) in [5.41, 5.74) is 0. The molecule has 114 valence electrons. The Morgan fingerprint density at radius 3 is 1.74 bits per heavy atom. The zero-order chi connectivity index (χ0) is 13.7. The van der Waals surface area contributed by atoms with E-state index in [1.807, 2.05) is 7.05 Å². The van der Waals surface area contributed by atoms with E-state index in [4.69, 9.17) is 0 Å². The molecule has 0 bridgehead atoms. The second-order valence-corrected chi connectivity index (χ2v) is 7.82. The van der Waals surface area contributed by atoms with Crippen molar-refractivity contribution < 1.29 is 21.7 Å². The van der Waals surface area contributed by atoms with Crippen LogP contribution < -0.4 is 0 Å². The Balaban J connectivity index is -0.000000122. The number of nitrogens with zero attached hydrogens (tertiary/aromatic N) is 3. The van der Waals surface area contributed by atoms with Gasteiger partial charge in [-0.15, -0.1) is 0 Å². The van der Waals surface area contributed by atoms with Gasteiger partial charge in [-0.1, -0.05) is 35.7 Å². The molecule has 0 radical (unpaired) electrons. The van der Waals surface area contributed by atoms with E-state index < -0.39 is 0 Å². The zero-order valence-electron chi connectivity index (χ0n) is 13.6. The fraction of sp³-hybridized carbons (Fsp3) is 0.923. The summed E-state index contributed by atoms with van der Waals surface area (Å²) in [5.74, 6) is 0.982. The van der Waals surface area contributed by atoms with E-state index in [9.17, 15) is 0 Å². The Morgan fingerprint density at radius 1 is 1.05 bits per heavy atom. The van der Waals surface area contributed by atoms with Crippen LogP contribution in [0.25, 0.3) is 15.7 Å². The number of hydrogen-bond donors (Lipinski definition) is 0. The molecule has 1 fully saturated rings. The SMILES string of the molecule is C[N-]C.C[N-]C.C[N-]P(C)C[C@@H]1CCCC1I.[CH3-].[Ti+4]. The average Bonchev–Trinajstić information content (AvgIpc) is 2.66. The van der Waals surface area contributed by atoms with E-state index in [-0.39, 0.29) is 37.2 Å². The Bertz CT molecular complexity index is 154. The summed E-state index contributed by atoms with van der Waals surface area (Å²) < 4.78 is 0.944. The van der Waals surface area contributed by atoms with Crippen LogP contribution in [0.4, 0.5) is 0 Å². The number of alkyl halides is 1. The van der Waals surface area contributed by atoms with Crippen LogP contribution in [-0.4, -0.2) is 52.0 Å². The molecule has 0 aliphatic heterocycles. The number of halogens is 1. The van der Waals surface area contributed by atoms with Gasteiger partial charge in [-0.05, 0) is 24.9 Å². The maximum atomic E-state index is 4.35. The Morgan fingerprint density at radius 2 is 1.47 bits per heavy atom. The fourth-order valence-corrected chi connectivity index (χ4v) is 4.35. The van der Waals surface area contributed by atoms with Crippen molar-refractivity contribution in [1.82, 2.24) is 0 Å². The summed E-state index contributed by atoms with van der Waals surface area (Å²) >= 11 is 2.61. The normalized spacial score (nSPS) is 21.6. The molecule has 0 saturated heterocycles. The van der Waals surface area contributed by atoms with Crippen LogP contribution in [0.3, 0.4) is 0 Å². The molecule has 0 aromatic carbocycles. The van der Waals surface area contributed by atoms with E-state index in [0.717, 1.165) is 9.84 Å². The van der Waals surface area contributed by atoms with E-state index in [2.05, 4.69) is 45.0 Å². The molecule has 2 unspecified atom stereocenters. The van der Waals surface area contributed by atoms with Gasteiger partial charge in [0.05, 0.1) is 0 Å². The van der Waals surface area contributed by atoms with Gasteiger partial charge in [0.1, 0.15) is 0 Å². The quantitative estimate of drug-likeness (QED) is 0.190. The second-order valence-electron chi connectivity index (χ2n) is 4.14. The third kappa shape index (κ3) is 19.8. The minimum absolute atomic E-state index is 0. The van der Waals surface area contributed by atoms with Gasteiger partial charge in [0.25, 0.3) is 0 Å². The van der Waals surface area contributed by atoms with Gasteiger partial charge in [0.2, 0.25) is 0 Å². The number of hydrogen-bond acceptors (Lipinski definition) is 0. The molecule has 3 nitrogen and oxygen atoms in total. The first-order chi connectivity index (χ1) is 8.06. The van der Waals surface area contributed by atoms with Crippen LogP contribution in [0.1, 0.15) is 19.3 Å². The molecule has 1 saturated carbocycles. The molecule has 0 aromatic rings. The van der Waals surface area contributed by atoms with Gasteiger partial charge in [-0.2, -0.15) is 35.2 Å². The summed E-state index contributed by atoms with van der Waals surface area (Å²) in [5, 5.41) is 11.3. The van der Waals surface area contributed by atoms with E-state index >= 15 is 0 Å². The van der Waals surface area contributed by atoms with Crippen molar-refractivity contribution in [2.24, 2.45) is 5.92 Å². The monoisotopic (exact) mass is 435 g/mol. The Kier molecular flexibility index (Phi) is 33.5. The van der Waals surface area contributed by atoms with Crippen LogP contribution in [-0.2, 0) is 21.7 Å². The van der Waals surface area contributed by atoms with Crippen LogP contribution in [0, 0.1) is 13.3 Å². The van der Waals surface area contributed by atoms with E-state index in [0.29, 0.717) is 0 Å². The van der Waals surface area contributed by atoms with Gasteiger partial charge >= 0.3 is 21.7 Å². The van der Waals surface area contributed by atoms with Gasteiger partial charge in [-0.25, -0.2) is 8.07 Å². The molecule has 0 heterocycles. The summed E-state index contributed by atoms with van der Waals surface area (Å²) in [7, 11) is 8.97. The van der Waals surface area contributed by atoms with E-state index in [1.165, 1.54) is 25.4 Å². The molecule has 6 heteroatoms. The molecular weight excluding hydrogens is 404 g/mol. The molecule has 19 heavy (non-hydrogen) atoms. The fourth-order valence-electron chi connectivity index (χ4n) is 1.62. The van der Waals surface area contributed by atoms with Crippen molar-refractivity contribution >= 4 is 30.7 Å². The van der Waals surface area contributed by atoms with Crippen molar-refractivity contribution in [3.05, 3.63) is 23.1 Å². The molecule has 0 N–H and O–H groups in total. The van der Waals surface area contributed by atoms with Crippen molar-refractivity contribution in [3.63, 3.8) is 0 Å². The first-order valence-electron chi connectivity index (χ1n) is 5.98. The zero-order valence-corrected chi connectivity index (χ0v) is 18.3. The molecule has 0 aromatic heterocycles. The van der Waals surface area contributed by atoms with Gasteiger partial charge in [0.15, 0.2) is 0 Å². The largest absolute Gasteiger partial charge is 4.00 e. The van der Waals surface area contributed by atoms with Crippen LogP contribution in [0.2, 0.25) is 0 Å². The van der Waals surface area contributed by atoms with Gasteiger partial charge < -0.3 is 23.1 Å². The first kappa shape index (κ1) is 28.9. The van der Waals surface area contributed by atoms with Gasteiger partial charge in [0, 0.05) is 3.92 Å². The molecule has 3 atom stereocenters. The Labute approximate surface area is 152 Å². The summed E-state index contributed by atoms with van der Waals surface area (Å²) in [4.78, 5) is 0. The van der Waals surface area contributed by atoms with Crippen LogP contribution in [0.15, 0.2) is 0 Å². The standard InChI is InChI=1S/C8H16INP.2C2H6N.CH3.Ti/c1-10-11(2)6-7-4-3-5-8(7)9;2*1-3-2;;/h7-8H,3-6H2,1-2H3;2*1-2H3;1H3;/q4*-1;+4/t7-,8?,11?;;;;/m0..../s1. The maximum absolute atomic E-state index is 4.35. The molecule has 1 rings (SSSR count). The van der Waals surface area contributed by atoms with Crippen molar-refractivity contribution in [2.45, 2.75) is 23.2 Å². The third-order valence-corrected chi connectivity index (χ3v) is 5.73. The molecule has 1 aliphatic carbocycles. The summed E-state index contributed by atoms with van der Waals surface area (Å²) in [6, 6.07) is 0. The predicted octanol–water partition coefficient (Wildman–Crippen LogP) is 5.31. The van der Waals surface area contributed by atoms with Crippen molar-refractivity contribution in [3.8, 4) is 0 Å². The van der Waals surface area contributed by atoms with Crippen LogP contribution in [0.5, 0.6) is 0 Å². The Hall–Kier alpha value is 1.75. The second kappa shape index (κ2) is 22.0. The van der Waals surface area contributed by atoms with E-state index in [1.54, 1.807) is 28.2 Å². The average molecular weight is 435 g/mol. The smallest absolute Gasteiger partial charge is 0.668 e. The molecular formula is C13H31IN3PTi. The molecule has 0 spiro atoms. The van der Waals surface area contributed by atoms with Gasteiger partial charge in [-0.3, -0.25) is 0 Å². The summed E-state index contributed by atoms with van der Waals surface area (Å²) in [6.07, 6.45) is 5.72. The first-order valence-corrected chi connectivity index (χ1v) is 9.15. The third-order valence-electron chi connectivity index (χ3n) is 2.41. The number of rotatable bonds is 3. The minimum Gasteiger partial charge on any atom is -0.668 e. The van der Waals surface area contributed by atoms with Crippen molar-refractivity contribution in [2.75, 3.05) is 48.1 Å². The maximum Gasteiger partial charge on any atom is 4.00 e. The van der Waals surface area contributed by atoms with Crippen molar-refractivity contribution in [1.29, 1.82) is 0 Å². The van der Waals surface area contributed by atoms with Crippen LogP contribution >= 0.6 is 30.7 Å². The predicted molar refractivity (Wildman–Crippen MR) is 99.0 cm³/mol. The summed E-state index contributed by atoms with van der Waals surface area (Å²) in [6.45, 7) is 2.29. The topological polar surface area (TPSA) is 42.3 Å². The molecule has 0 amide bonds.